The normalized spacial score (nSPS) is 9.85. The zero-order valence-corrected chi connectivity index (χ0v) is 11.4. The van der Waals surface area contributed by atoms with Gasteiger partial charge >= 0.3 is 0 Å². The Morgan fingerprint density at radius 1 is 1.35 bits per heavy atom. The minimum absolute atomic E-state index is 0.140. The average molecular weight is 267 g/mol. The van der Waals surface area contributed by atoms with Crippen LogP contribution in [0, 0.1) is 0 Å². The van der Waals surface area contributed by atoms with E-state index in [1.165, 1.54) is 0 Å². The number of hydrogen-bond donors (Lipinski definition) is 1. The monoisotopic (exact) mass is 267 g/mol. The molecule has 1 amide bonds. The number of aromatic nitrogens is 1. The standard InChI is InChI=1S/C16H17N3O/c1-3-10-17-13-9-11-18-15(12-13)16(20)19(2)14-7-5-4-6-8-14/h3-9,11-12H,1,10H2,2H3,(H,17,18). The van der Waals surface area contributed by atoms with Gasteiger partial charge in [0.1, 0.15) is 5.69 Å². The molecule has 0 saturated carbocycles. The van der Waals surface area contributed by atoms with Crippen molar-refractivity contribution in [2.75, 3.05) is 23.8 Å². The van der Waals surface area contributed by atoms with Crippen molar-refractivity contribution in [1.82, 2.24) is 4.98 Å². The lowest BCUT2D eigenvalue weighted by Gasteiger charge is -2.17. The van der Waals surface area contributed by atoms with Gasteiger partial charge in [-0.15, -0.1) is 6.58 Å². The first-order valence-corrected chi connectivity index (χ1v) is 6.36. The molecule has 0 aliphatic carbocycles. The molecule has 0 radical (unpaired) electrons. The van der Waals surface area contributed by atoms with Gasteiger partial charge in [-0.3, -0.25) is 9.78 Å². The molecule has 1 aromatic carbocycles. The first kappa shape index (κ1) is 13.8. The molecule has 20 heavy (non-hydrogen) atoms. The van der Waals surface area contributed by atoms with Crippen molar-refractivity contribution < 1.29 is 4.79 Å². The zero-order valence-electron chi connectivity index (χ0n) is 11.4. The molecule has 0 saturated heterocycles. The smallest absolute Gasteiger partial charge is 0.276 e. The lowest BCUT2D eigenvalue weighted by atomic mass is 10.2. The first-order valence-electron chi connectivity index (χ1n) is 6.36. The lowest BCUT2D eigenvalue weighted by molar-refractivity contribution is 0.0988. The summed E-state index contributed by atoms with van der Waals surface area (Å²) in [6.45, 7) is 4.29. The number of nitrogens with one attached hydrogen (secondary N) is 1. The molecule has 0 bridgehead atoms. The molecule has 0 unspecified atom stereocenters. The molecule has 4 heteroatoms. The third-order valence-corrected chi connectivity index (χ3v) is 2.88. The van der Waals surface area contributed by atoms with E-state index < -0.39 is 0 Å². The minimum Gasteiger partial charge on any atom is -0.381 e. The lowest BCUT2D eigenvalue weighted by Crippen LogP contribution is -2.27. The number of amides is 1. The van der Waals surface area contributed by atoms with Crippen LogP contribution in [0.25, 0.3) is 0 Å². The molecule has 0 fully saturated rings. The molecule has 2 rings (SSSR count). The summed E-state index contributed by atoms with van der Waals surface area (Å²) in [5.74, 6) is -0.140. The summed E-state index contributed by atoms with van der Waals surface area (Å²) in [6, 6.07) is 13.0. The second-order valence-corrected chi connectivity index (χ2v) is 4.30. The van der Waals surface area contributed by atoms with Crippen LogP contribution in [0.15, 0.2) is 61.3 Å². The Morgan fingerprint density at radius 3 is 2.80 bits per heavy atom. The van der Waals surface area contributed by atoms with Crippen molar-refractivity contribution in [3.8, 4) is 0 Å². The van der Waals surface area contributed by atoms with Crippen LogP contribution in [0.4, 0.5) is 11.4 Å². The Morgan fingerprint density at radius 2 is 2.10 bits per heavy atom. The van der Waals surface area contributed by atoms with Gasteiger partial charge < -0.3 is 10.2 Å². The number of rotatable bonds is 5. The number of carbonyl (C=O) groups is 1. The van der Waals surface area contributed by atoms with Gasteiger partial charge in [0.2, 0.25) is 0 Å². The van der Waals surface area contributed by atoms with Crippen LogP contribution >= 0.6 is 0 Å². The fourth-order valence-corrected chi connectivity index (χ4v) is 1.79. The number of para-hydroxylation sites is 1. The minimum atomic E-state index is -0.140. The van der Waals surface area contributed by atoms with Gasteiger partial charge in [-0.05, 0) is 24.3 Å². The molecule has 4 nitrogen and oxygen atoms in total. The Labute approximate surface area is 118 Å². The largest absolute Gasteiger partial charge is 0.381 e. The molecular weight excluding hydrogens is 250 g/mol. The van der Waals surface area contributed by atoms with Crippen molar-refractivity contribution in [2.24, 2.45) is 0 Å². The highest BCUT2D eigenvalue weighted by Crippen LogP contribution is 2.15. The van der Waals surface area contributed by atoms with Crippen molar-refractivity contribution in [1.29, 1.82) is 0 Å². The Kier molecular flexibility index (Phi) is 4.50. The van der Waals surface area contributed by atoms with Gasteiger partial charge in [0.25, 0.3) is 5.91 Å². The maximum absolute atomic E-state index is 12.4. The van der Waals surface area contributed by atoms with Crippen molar-refractivity contribution >= 4 is 17.3 Å². The number of pyridine rings is 1. The van der Waals surface area contributed by atoms with Gasteiger partial charge in [0.15, 0.2) is 0 Å². The second kappa shape index (κ2) is 6.52. The topological polar surface area (TPSA) is 45.2 Å². The van der Waals surface area contributed by atoms with Crippen LogP contribution in [-0.4, -0.2) is 24.5 Å². The molecule has 1 heterocycles. The number of benzene rings is 1. The predicted octanol–water partition coefficient (Wildman–Crippen LogP) is 2.96. The summed E-state index contributed by atoms with van der Waals surface area (Å²) in [4.78, 5) is 18.1. The van der Waals surface area contributed by atoms with E-state index in [9.17, 15) is 4.79 Å². The molecule has 0 atom stereocenters. The van der Waals surface area contributed by atoms with Crippen molar-refractivity contribution in [3.05, 3.63) is 67.0 Å². The maximum Gasteiger partial charge on any atom is 0.276 e. The SMILES string of the molecule is C=CCNc1ccnc(C(=O)N(C)c2ccccc2)c1. The molecule has 102 valence electrons. The van der Waals surface area contributed by atoms with Gasteiger partial charge in [-0.2, -0.15) is 0 Å². The van der Waals surface area contributed by atoms with Crippen molar-refractivity contribution in [3.63, 3.8) is 0 Å². The maximum atomic E-state index is 12.4. The zero-order chi connectivity index (χ0) is 14.4. The fraction of sp³-hybridized carbons (Fsp3) is 0.125. The summed E-state index contributed by atoms with van der Waals surface area (Å²) in [7, 11) is 1.74. The summed E-state index contributed by atoms with van der Waals surface area (Å²) in [5.41, 5.74) is 2.10. The van der Waals surface area contributed by atoms with Crippen LogP contribution in [0.5, 0.6) is 0 Å². The van der Waals surface area contributed by atoms with Crippen LogP contribution in [0.3, 0.4) is 0 Å². The highest BCUT2D eigenvalue weighted by Gasteiger charge is 2.14. The highest BCUT2D eigenvalue weighted by atomic mass is 16.2. The Hall–Kier alpha value is -2.62. The second-order valence-electron chi connectivity index (χ2n) is 4.30. The number of hydrogen-bond acceptors (Lipinski definition) is 3. The predicted molar refractivity (Wildman–Crippen MR) is 82.1 cm³/mol. The van der Waals surface area contributed by atoms with Crippen LogP contribution in [-0.2, 0) is 0 Å². The molecule has 0 aliphatic rings. The first-order chi connectivity index (χ1) is 9.72. The molecule has 1 aromatic heterocycles. The summed E-state index contributed by atoms with van der Waals surface area (Å²) in [5, 5.41) is 3.14. The van der Waals surface area contributed by atoms with E-state index in [1.54, 1.807) is 30.3 Å². The van der Waals surface area contributed by atoms with Crippen molar-refractivity contribution in [2.45, 2.75) is 0 Å². The van der Waals surface area contributed by atoms with E-state index in [4.69, 9.17) is 0 Å². The van der Waals surface area contributed by atoms with Gasteiger partial charge in [-0.25, -0.2) is 0 Å². The summed E-state index contributed by atoms with van der Waals surface area (Å²) in [6.07, 6.45) is 3.38. The van der Waals surface area contributed by atoms with Gasteiger partial charge in [-0.1, -0.05) is 24.3 Å². The number of nitrogens with zero attached hydrogens (tertiary/aromatic N) is 2. The average Bonchev–Trinajstić information content (AvgIpc) is 2.52. The van der Waals surface area contributed by atoms with Gasteiger partial charge in [0.05, 0.1) is 0 Å². The summed E-state index contributed by atoms with van der Waals surface area (Å²) < 4.78 is 0. The Bertz CT molecular complexity index is 596. The van der Waals surface area contributed by atoms with Crippen LogP contribution in [0.2, 0.25) is 0 Å². The molecule has 0 aliphatic heterocycles. The van der Waals surface area contributed by atoms with E-state index in [2.05, 4.69) is 16.9 Å². The molecule has 1 N–H and O–H groups in total. The van der Waals surface area contributed by atoms with E-state index in [-0.39, 0.29) is 5.91 Å². The van der Waals surface area contributed by atoms with E-state index in [1.807, 2.05) is 36.4 Å². The van der Waals surface area contributed by atoms with E-state index in [0.29, 0.717) is 12.2 Å². The molecule has 2 aromatic rings. The number of anilines is 2. The Balaban J connectivity index is 2.18. The molecule has 0 spiro atoms. The van der Waals surface area contributed by atoms with Gasteiger partial charge in [0, 0.05) is 31.2 Å². The van der Waals surface area contributed by atoms with Crippen LogP contribution < -0.4 is 10.2 Å². The van der Waals surface area contributed by atoms with E-state index >= 15 is 0 Å². The van der Waals surface area contributed by atoms with E-state index in [0.717, 1.165) is 11.4 Å². The summed E-state index contributed by atoms with van der Waals surface area (Å²) >= 11 is 0. The highest BCUT2D eigenvalue weighted by molar-refractivity contribution is 6.04. The quantitative estimate of drug-likeness (QED) is 0.847. The van der Waals surface area contributed by atoms with Crippen LogP contribution in [0.1, 0.15) is 10.5 Å². The molecular formula is C16H17N3O. The fourth-order valence-electron chi connectivity index (χ4n) is 1.79. The third-order valence-electron chi connectivity index (χ3n) is 2.88. The number of carbonyl (C=O) groups excluding carboxylic acids is 1. The third kappa shape index (κ3) is 3.23.